The van der Waals surface area contributed by atoms with Crippen LogP contribution in [-0.2, 0) is 0 Å². The van der Waals surface area contributed by atoms with Gasteiger partial charge in [0.15, 0.2) is 0 Å². The highest BCUT2D eigenvalue weighted by Crippen LogP contribution is 2.25. The van der Waals surface area contributed by atoms with Gasteiger partial charge < -0.3 is 4.74 Å². The highest BCUT2D eigenvalue weighted by Gasteiger charge is 2.12. The van der Waals surface area contributed by atoms with Crippen LogP contribution < -0.4 is 4.74 Å². The number of ether oxygens (including phenoxy) is 1. The summed E-state index contributed by atoms with van der Waals surface area (Å²) >= 11 is 0. The van der Waals surface area contributed by atoms with E-state index in [1.54, 1.807) is 0 Å². The summed E-state index contributed by atoms with van der Waals surface area (Å²) in [6, 6.07) is 8.21. The van der Waals surface area contributed by atoms with Crippen molar-refractivity contribution in [2.24, 2.45) is 0 Å². The van der Waals surface area contributed by atoms with Gasteiger partial charge in [-0.2, -0.15) is 0 Å². The molecule has 1 heterocycles. The topological polar surface area (TPSA) is 12.5 Å². The molecule has 17 heavy (non-hydrogen) atoms. The van der Waals surface area contributed by atoms with Gasteiger partial charge in [0.1, 0.15) is 12.4 Å². The lowest BCUT2D eigenvalue weighted by atomic mass is 10.1. The summed E-state index contributed by atoms with van der Waals surface area (Å²) in [6.07, 6.45) is 2.26. The summed E-state index contributed by atoms with van der Waals surface area (Å²) in [4.78, 5) is 2.41. The van der Waals surface area contributed by atoms with E-state index >= 15 is 0 Å². The second kappa shape index (κ2) is 6.67. The van der Waals surface area contributed by atoms with Gasteiger partial charge in [-0.25, -0.2) is 0 Å². The van der Waals surface area contributed by atoms with Gasteiger partial charge in [-0.3, -0.25) is 4.90 Å². The highest BCUT2D eigenvalue weighted by molar-refractivity contribution is 5.85. The molecule has 0 bridgehead atoms. The van der Waals surface area contributed by atoms with E-state index in [1.165, 1.54) is 11.1 Å². The average molecular weight is 254 g/mol. The molecule has 0 atom stereocenters. The van der Waals surface area contributed by atoms with Crippen molar-refractivity contribution < 1.29 is 4.74 Å². The van der Waals surface area contributed by atoms with E-state index in [1.807, 2.05) is 12.1 Å². The minimum atomic E-state index is 0. The van der Waals surface area contributed by atoms with Crippen LogP contribution in [0.4, 0.5) is 0 Å². The summed E-state index contributed by atoms with van der Waals surface area (Å²) in [5, 5.41) is 0. The number of benzene rings is 1. The molecule has 1 aliphatic rings. The molecule has 2 rings (SSSR count). The largest absolute Gasteiger partial charge is 0.489 e. The zero-order valence-corrected chi connectivity index (χ0v) is 11.3. The number of hydrogen-bond acceptors (Lipinski definition) is 2. The van der Waals surface area contributed by atoms with Crippen LogP contribution in [-0.4, -0.2) is 31.1 Å². The number of likely N-dealkylation sites (N-methyl/N-ethyl adjacent to an activating group) is 1. The number of hydrogen-bond donors (Lipinski definition) is 0. The molecule has 0 aliphatic carbocycles. The first-order valence-corrected chi connectivity index (χ1v) is 5.97. The van der Waals surface area contributed by atoms with E-state index in [0.717, 1.165) is 32.0 Å². The van der Waals surface area contributed by atoms with E-state index in [4.69, 9.17) is 4.74 Å². The van der Waals surface area contributed by atoms with Crippen molar-refractivity contribution in [3.8, 4) is 5.75 Å². The van der Waals surface area contributed by atoms with E-state index in [9.17, 15) is 0 Å². The van der Waals surface area contributed by atoms with Crippen LogP contribution in [0.25, 0.3) is 6.08 Å². The zero-order valence-electron chi connectivity index (χ0n) is 10.5. The number of nitrogens with zero attached hydrogens (tertiary/aromatic N) is 1. The van der Waals surface area contributed by atoms with Gasteiger partial charge in [0.05, 0.1) is 0 Å². The van der Waals surface area contributed by atoms with Crippen LogP contribution in [0.2, 0.25) is 0 Å². The van der Waals surface area contributed by atoms with Crippen LogP contribution in [0.5, 0.6) is 5.75 Å². The molecule has 0 saturated heterocycles. The minimum Gasteiger partial charge on any atom is -0.489 e. The minimum absolute atomic E-state index is 0. The van der Waals surface area contributed by atoms with Crippen LogP contribution in [0.15, 0.2) is 29.8 Å². The first-order valence-electron chi connectivity index (χ1n) is 5.97. The van der Waals surface area contributed by atoms with Gasteiger partial charge in [0.25, 0.3) is 0 Å². The third kappa shape index (κ3) is 3.48. The molecule has 0 amide bonds. The Morgan fingerprint density at radius 2 is 1.88 bits per heavy atom. The Morgan fingerprint density at radius 1 is 1.18 bits per heavy atom. The molecule has 0 saturated carbocycles. The summed E-state index contributed by atoms with van der Waals surface area (Å²) < 4.78 is 5.73. The maximum absolute atomic E-state index is 5.73. The molecule has 3 heteroatoms. The maximum Gasteiger partial charge on any atom is 0.127 e. The lowest BCUT2D eigenvalue weighted by Crippen LogP contribution is -2.27. The Morgan fingerprint density at radius 3 is 2.59 bits per heavy atom. The van der Waals surface area contributed by atoms with Crippen molar-refractivity contribution in [3.63, 3.8) is 0 Å². The van der Waals surface area contributed by atoms with E-state index < -0.39 is 0 Å². The summed E-state index contributed by atoms with van der Waals surface area (Å²) in [5.74, 6) is 1.01. The Bertz CT molecular complexity index is 386. The molecule has 0 fully saturated rings. The Kier molecular flexibility index (Phi) is 5.52. The van der Waals surface area contributed by atoms with Gasteiger partial charge >= 0.3 is 0 Å². The molecule has 1 aromatic carbocycles. The van der Waals surface area contributed by atoms with Crippen LogP contribution in [0.1, 0.15) is 19.4 Å². The molecule has 2 nitrogen and oxygen atoms in total. The third-order valence-electron chi connectivity index (χ3n) is 3.01. The van der Waals surface area contributed by atoms with Gasteiger partial charge in [-0.15, -0.1) is 12.4 Å². The molecular weight excluding hydrogens is 234 g/mol. The smallest absolute Gasteiger partial charge is 0.127 e. The second-order valence-electron chi connectivity index (χ2n) is 4.09. The number of fused-ring (bicyclic) bond motifs is 1. The fourth-order valence-electron chi connectivity index (χ4n) is 1.99. The summed E-state index contributed by atoms with van der Waals surface area (Å²) in [5.41, 5.74) is 2.57. The highest BCUT2D eigenvalue weighted by atomic mass is 35.5. The lowest BCUT2D eigenvalue weighted by molar-refractivity contribution is 0.293. The van der Waals surface area contributed by atoms with E-state index in [-0.39, 0.29) is 12.4 Å². The van der Waals surface area contributed by atoms with E-state index in [2.05, 4.69) is 37.0 Å². The van der Waals surface area contributed by atoms with Gasteiger partial charge in [-0.1, -0.05) is 32.0 Å². The molecular formula is C14H20ClNO. The van der Waals surface area contributed by atoms with Crippen molar-refractivity contribution in [2.45, 2.75) is 13.8 Å². The fraction of sp³-hybridized carbons (Fsp3) is 0.429. The quantitative estimate of drug-likeness (QED) is 0.817. The zero-order chi connectivity index (χ0) is 11.4. The predicted octanol–water partition coefficient (Wildman–Crippen LogP) is 3.23. The first kappa shape index (κ1) is 14.1. The van der Waals surface area contributed by atoms with Crippen LogP contribution >= 0.6 is 12.4 Å². The van der Waals surface area contributed by atoms with Crippen LogP contribution in [0, 0.1) is 0 Å². The lowest BCUT2D eigenvalue weighted by Gasteiger charge is -2.23. The molecule has 0 N–H and O–H groups in total. The standard InChI is InChI=1S/C14H19NO.ClH/c1-3-15(4-2)10-12-9-13-7-5-6-8-14(13)16-11-12;/h5-9H,3-4,10-11H2,1-2H3;1H. The van der Waals surface area contributed by atoms with Gasteiger partial charge in [0.2, 0.25) is 0 Å². The summed E-state index contributed by atoms with van der Waals surface area (Å²) in [6.45, 7) is 8.32. The van der Waals surface area contributed by atoms with Crippen molar-refractivity contribution in [2.75, 3.05) is 26.2 Å². The van der Waals surface area contributed by atoms with Gasteiger partial charge in [-0.05, 0) is 30.8 Å². The maximum atomic E-state index is 5.73. The average Bonchev–Trinajstić information content (AvgIpc) is 2.35. The molecule has 0 spiro atoms. The number of para-hydroxylation sites is 1. The SMILES string of the molecule is CCN(CC)CC1=Cc2ccccc2OC1.Cl. The second-order valence-corrected chi connectivity index (χ2v) is 4.09. The third-order valence-corrected chi connectivity index (χ3v) is 3.01. The molecule has 0 aromatic heterocycles. The number of rotatable bonds is 4. The molecule has 0 radical (unpaired) electrons. The first-order chi connectivity index (χ1) is 7.83. The Balaban J connectivity index is 0.00000144. The molecule has 0 unspecified atom stereocenters. The Labute approximate surface area is 110 Å². The molecule has 1 aromatic rings. The number of halogens is 1. The Hall–Kier alpha value is -0.990. The van der Waals surface area contributed by atoms with Gasteiger partial charge in [0, 0.05) is 12.1 Å². The molecule has 1 aliphatic heterocycles. The van der Waals surface area contributed by atoms with Crippen molar-refractivity contribution in [1.29, 1.82) is 0 Å². The van der Waals surface area contributed by atoms with Crippen molar-refractivity contribution in [1.82, 2.24) is 4.90 Å². The van der Waals surface area contributed by atoms with Crippen molar-refractivity contribution >= 4 is 18.5 Å². The summed E-state index contributed by atoms with van der Waals surface area (Å²) in [7, 11) is 0. The van der Waals surface area contributed by atoms with Crippen LogP contribution in [0.3, 0.4) is 0 Å². The fourth-order valence-corrected chi connectivity index (χ4v) is 1.99. The predicted molar refractivity (Wildman–Crippen MR) is 75.0 cm³/mol. The molecule has 94 valence electrons. The normalized spacial score (nSPS) is 13.5. The monoisotopic (exact) mass is 253 g/mol. The van der Waals surface area contributed by atoms with E-state index in [0.29, 0.717) is 0 Å². The van der Waals surface area contributed by atoms with Crippen molar-refractivity contribution in [3.05, 3.63) is 35.4 Å².